The molecule has 0 spiro atoms. The number of rotatable bonds is 1. The van der Waals surface area contributed by atoms with Crippen LogP contribution in [0.3, 0.4) is 0 Å². The number of allylic oxidation sites excluding steroid dienone is 4. The van der Waals surface area contributed by atoms with Crippen molar-refractivity contribution >= 4 is 17.9 Å². The zero-order chi connectivity index (χ0) is 9.35. The first-order valence-corrected chi connectivity index (χ1v) is 3.44. The monoisotopic (exact) mass is 196 g/mol. The number of hydrogen-bond donors (Lipinski definition) is 0. The predicted molar refractivity (Wildman–Crippen MR) is 37.6 cm³/mol. The Labute approximate surface area is 71.5 Å². The summed E-state index contributed by atoms with van der Waals surface area (Å²) in [7, 11) is 0. The molecule has 1 unspecified atom stereocenters. The van der Waals surface area contributed by atoms with Gasteiger partial charge in [0.25, 0.3) is 0 Å². The molecule has 5 heteroatoms. The van der Waals surface area contributed by atoms with Crippen molar-refractivity contribution in [1.29, 1.82) is 0 Å². The molecule has 0 heterocycles. The van der Waals surface area contributed by atoms with Crippen LogP contribution in [0.25, 0.3) is 0 Å². The Balaban J connectivity index is 3.10. The molecule has 0 aromatic rings. The van der Waals surface area contributed by atoms with Crippen molar-refractivity contribution in [3.63, 3.8) is 0 Å². The number of aldehydes is 1. The van der Waals surface area contributed by atoms with Gasteiger partial charge in [0.2, 0.25) is 0 Å². The van der Waals surface area contributed by atoms with E-state index in [9.17, 15) is 18.0 Å². The molecule has 1 atom stereocenters. The molecule has 66 valence electrons. The van der Waals surface area contributed by atoms with Crippen LogP contribution in [0.4, 0.5) is 13.2 Å². The summed E-state index contributed by atoms with van der Waals surface area (Å²) in [4.78, 5) is 10.1. The van der Waals surface area contributed by atoms with Crippen molar-refractivity contribution in [1.82, 2.24) is 0 Å². The van der Waals surface area contributed by atoms with E-state index >= 15 is 0 Å². The lowest BCUT2D eigenvalue weighted by Crippen LogP contribution is -2.32. The lowest BCUT2D eigenvalue weighted by Gasteiger charge is -2.22. The van der Waals surface area contributed by atoms with Crippen LogP contribution in [0.5, 0.6) is 0 Å². The molecule has 1 aliphatic carbocycles. The van der Waals surface area contributed by atoms with Crippen molar-refractivity contribution < 1.29 is 18.0 Å². The summed E-state index contributed by atoms with van der Waals surface area (Å²) in [6, 6.07) is 0. The molecule has 0 bridgehead atoms. The highest BCUT2D eigenvalue weighted by Gasteiger charge is 2.47. The number of hydrogen-bond acceptors (Lipinski definition) is 1. The third kappa shape index (κ3) is 1.27. The molecule has 0 aromatic heterocycles. The second-order valence-corrected chi connectivity index (χ2v) is 2.74. The van der Waals surface area contributed by atoms with E-state index in [1.54, 1.807) is 0 Å². The van der Waals surface area contributed by atoms with Crippen molar-refractivity contribution in [2.45, 2.75) is 5.92 Å². The van der Waals surface area contributed by atoms with Gasteiger partial charge in [-0.25, -0.2) is 4.39 Å². The summed E-state index contributed by atoms with van der Waals surface area (Å²) in [5.74, 6) is -7.32. The lowest BCUT2D eigenvalue weighted by molar-refractivity contribution is -0.119. The quantitative estimate of drug-likeness (QED) is 0.589. The molecule has 1 aliphatic rings. The second-order valence-electron chi connectivity index (χ2n) is 2.30. The van der Waals surface area contributed by atoms with Crippen molar-refractivity contribution in [2.75, 3.05) is 0 Å². The SMILES string of the molecule is O=CC1C(Cl)=CC=C(F)C1(F)F. The van der Waals surface area contributed by atoms with Crippen LogP contribution in [0, 0.1) is 5.92 Å². The van der Waals surface area contributed by atoms with E-state index in [-0.39, 0.29) is 11.3 Å². The molecule has 0 saturated heterocycles. The van der Waals surface area contributed by atoms with Gasteiger partial charge in [0.1, 0.15) is 12.2 Å². The standard InChI is InChI=1S/C7H4ClF3O/c8-5-1-2-6(9)7(10,11)4(5)3-12/h1-4H. The number of carbonyl (C=O) groups is 1. The fourth-order valence-electron chi connectivity index (χ4n) is 0.840. The zero-order valence-electron chi connectivity index (χ0n) is 5.73. The molecule has 0 amide bonds. The van der Waals surface area contributed by atoms with Gasteiger partial charge in [-0.2, -0.15) is 8.78 Å². The summed E-state index contributed by atoms with van der Waals surface area (Å²) in [6.45, 7) is 0. The van der Waals surface area contributed by atoms with Gasteiger partial charge in [0.05, 0.1) is 0 Å². The van der Waals surface area contributed by atoms with Gasteiger partial charge in [-0.3, -0.25) is 0 Å². The summed E-state index contributed by atoms with van der Waals surface area (Å²) < 4.78 is 37.8. The summed E-state index contributed by atoms with van der Waals surface area (Å²) in [6.07, 6.45) is 1.45. The first-order valence-electron chi connectivity index (χ1n) is 3.06. The van der Waals surface area contributed by atoms with E-state index in [2.05, 4.69) is 0 Å². The Morgan fingerprint density at radius 3 is 2.50 bits per heavy atom. The maximum atomic E-state index is 12.7. The fourth-order valence-corrected chi connectivity index (χ4v) is 1.09. The Kier molecular flexibility index (Phi) is 2.28. The Morgan fingerprint density at radius 1 is 1.50 bits per heavy atom. The lowest BCUT2D eigenvalue weighted by atomic mass is 9.97. The summed E-state index contributed by atoms with van der Waals surface area (Å²) in [5, 5.41) is -0.351. The topological polar surface area (TPSA) is 17.1 Å². The maximum absolute atomic E-state index is 12.7. The smallest absolute Gasteiger partial charge is 0.302 e. The Morgan fingerprint density at radius 2 is 2.08 bits per heavy atom. The molecule has 0 aliphatic heterocycles. The Bertz CT molecular complexity index is 270. The molecule has 1 rings (SSSR count). The highest BCUT2D eigenvalue weighted by Crippen LogP contribution is 2.40. The van der Waals surface area contributed by atoms with Gasteiger partial charge in [-0.1, -0.05) is 11.6 Å². The third-order valence-corrected chi connectivity index (χ3v) is 1.89. The third-order valence-electron chi connectivity index (χ3n) is 1.53. The molecule has 0 fully saturated rings. The van der Waals surface area contributed by atoms with Crippen LogP contribution in [0.2, 0.25) is 0 Å². The molecular weight excluding hydrogens is 193 g/mol. The first kappa shape index (κ1) is 9.32. The van der Waals surface area contributed by atoms with Crippen LogP contribution < -0.4 is 0 Å². The van der Waals surface area contributed by atoms with Crippen LogP contribution >= 0.6 is 11.6 Å². The summed E-state index contributed by atoms with van der Waals surface area (Å²) in [5.41, 5.74) is 0. The number of alkyl halides is 2. The average molecular weight is 197 g/mol. The van der Waals surface area contributed by atoms with Gasteiger partial charge >= 0.3 is 5.92 Å². The minimum Gasteiger partial charge on any atom is -0.302 e. The predicted octanol–water partition coefficient (Wildman–Crippen LogP) is 2.43. The highest BCUT2D eigenvalue weighted by atomic mass is 35.5. The molecule has 0 aromatic carbocycles. The van der Waals surface area contributed by atoms with Gasteiger partial charge in [0.15, 0.2) is 5.83 Å². The van der Waals surface area contributed by atoms with Crippen LogP contribution in [-0.2, 0) is 4.79 Å². The highest BCUT2D eigenvalue weighted by molar-refractivity contribution is 6.31. The molecule has 0 radical (unpaired) electrons. The van der Waals surface area contributed by atoms with E-state index in [1.807, 2.05) is 0 Å². The van der Waals surface area contributed by atoms with Crippen LogP contribution in [-0.4, -0.2) is 12.2 Å². The number of carbonyl (C=O) groups excluding carboxylic acids is 1. The molecule has 0 saturated carbocycles. The molecule has 1 nitrogen and oxygen atoms in total. The van der Waals surface area contributed by atoms with E-state index in [1.165, 1.54) is 0 Å². The normalized spacial score (nSPS) is 27.5. The molecule has 12 heavy (non-hydrogen) atoms. The van der Waals surface area contributed by atoms with Crippen LogP contribution in [0.1, 0.15) is 0 Å². The van der Waals surface area contributed by atoms with E-state index in [4.69, 9.17) is 11.6 Å². The van der Waals surface area contributed by atoms with E-state index in [0.29, 0.717) is 6.08 Å². The Hall–Kier alpha value is -0.770. The average Bonchev–Trinajstić information content (AvgIpc) is 1.98. The van der Waals surface area contributed by atoms with Gasteiger partial charge in [-0.05, 0) is 12.2 Å². The van der Waals surface area contributed by atoms with Gasteiger partial charge < -0.3 is 4.79 Å². The van der Waals surface area contributed by atoms with E-state index in [0.717, 1.165) is 6.08 Å². The minimum atomic E-state index is -3.80. The second kappa shape index (κ2) is 2.94. The van der Waals surface area contributed by atoms with Crippen molar-refractivity contribution in [2.24, 2.45) is 5.92 Å². The molecular formula is C7H4ClF3O. The summed E-state index contributed by atoms with van der Waals surface area (Å²) >= 11 is 5.27. The van der Waals surface area contributed by atoms with Crippen molar-refractivity contribution in [3.8, 4) is 0 Å². The maximum Gasteiger partial charge on any atom is 0.312 e. The van der Waals surface area contributed by atoms with Gasteiger partial charge in [0, 0.05) is 5.03 Å². The first-order chi connectivity index (χ1) is 5.50. The van der Waals surface area contributed by atoms with E-state index < -0.39 is 17.7 Å². The minimum absolute atomic E-state index is 0.0641. The zero-order valence-corrected chi connectivity index (χ0v) is 6.49. The van der Waals surface area contributed by atoms with Crippen molar-refractivity contribution in [3.05, 3.63) is 23.0 Å². The van der Waals surface area contributed by atoms with Crippen LogP contribution in [0.15, 0.2) is 23.0 Å². The largest absolute Gasteiger partial charge is 0.312 e. The van der Waals surface area contributed by atoms with Gasteiger partial charge in [-0.15, -0.1) is 0 Å². The molecule has 0 N–H and O–H groups in total. The fraction of sp³-hybridized carbons (Fsp3) is 0.286. The number of halogens is 4.